The number of rotatable bonds is 7. The molecule has 1 amide bonds. The summed E-state index contributed by atoms with van der Waals surface area (Å²) < 4.78 is 2.18. The summed E-state index contributed by atoms with van der Waals surface area (Å²) in [5.41, 5.74) is 7.62. The molecule has 4 aromatic rings. The lowest BCUT2D eigenvalue weighted by Gasteiger charge is -2.09. The van der Waals surface area contributed by atoms with Crippen molar-refractivity contribution in [3.8, 4) is 0 Å². The predicted molar refractivity (Wildman–Crippen MR) is 126 cm³/mol. The molecule has 1 N–H and O–H groups in total. The van der Waals surface area contributed by atoms with E-state index in [1.54, 1.807) is 6.21 Å². The number of hydrogen-bond donors (Lipinski definition) is 1. The van der Waals surface area contributed by atoms with Crippen LogP contribution < -0.4 is 5.43 Å². The Labute approximate surface area is 186 Å². The summed E-state index contributed by atoms with van der Waals surface area (Å²) in [4.78, 5) is 17.1. The summed E-state index contributed by atoms with van der Waals surface area (Å²) in [6.45, 7) is 2.65. The van der Waals surface area contributed by atoms with Gasteiger partial charge in [0.1, 0.15) is 5.82 Å². The highest BCUT2D eigenvalue weighted by atomic mass is 35.5. The minimum Gasteiger partial charge on any atom is -0.323 e. The van der Waals surface area contributed by atoms with Gasteiger partial charge in [-0.05, 0) is 41.8 Å². The first-order chi connectivity index (χ1) is 15.1. The molecule has 0 fully saturated rings. The van der Waals surface area contributed by atoms with E-state index < -0.39 is 0 Å². The van der Waals surface area contributed by atoms with Gasteiger partial charge in [-0.3, -0.25) is 4.79 Å². The van der Waals surface area contributed by atoms with E-state index in [4.69, 9.17) is 16.6 Å². The topological polar surface area (TPSA) is 59.3 Å². The number of carbonyl (C=O) groups excluding carboxylic acids is 1. The van der Waals surface area contributed by atoms with Crippen LogP contribution in [0.3, 0.4) is 0 Å². The molecule has 0 spiro atoms. The van der Waals surface area contributed by atoms with Gasteiger partial charge in [0.25, 0.3) is 0 Å². The number of hydrogen-bond acceptors (Lipinski definition) is 3. The summed E-state index contributed by atoms with van der Waals surface area (Å²) in [5.74, 6) is 0.724. The zero-order valence-electron chi connectivity index (χ0n) is 17.3. The Kier molecular flexibility index (Phi) is 6.43. The van der Waals surface area contributed by atoms with Crippen LogP contribution >= 0.6 is 11.6 Å². The number of para-hydroxylation sites is 2. The van der Waals surface area contributed by atoms with E-state index in [0.717, 1.165) is 28.0 Å². The van der Waals surface area contributed by atoms with Crippen LogP contribution in [0.4, 0.5) is 0 Å². The summed E-state index contributed by atoms with van der Waals surface area (Å²) >= 11 is 6.12. The van der Waals surface area contributed by atoms with Crippen molar-refractivity contribution in [2.24, 2.45) is 5.10 Å². The highest BCUT2D eigenvalue weighted by molar-refractivity contribution is 6.31. The molecule has 0 aliphatic carbocycles. The Morgan fingerprint density at radius 1 is 1.10 bits per heavy atom. The Bertz CT molecular complexity index is 1230. The van der Waals surface area contributed by atoms with Gasteiger partial charge in [-0.25, -0.2) is 10.4 Å². The number of aryl methyl sites for hydroxylation is 2. The Hall–Kier alpha value is -3.44. The Morgan fingerprint density at radius 2 is 1.87 bits per heavy atom. The van der Waals surface area contributed by atoms with Crippen molar-refractivity contribution in [2.45, 2.75) is 26.3 Å². The van der Waals surface area contributed by atoms with Gasteiger partial charge in [-0.2, -0.15) is 5.10 Å². The molecular formula is C25H23ClN4O. The zero-order chi connectivity index (χ0) is 21.6. The van der Waals surface area contributed by atoms with Crippen LogP contribution in [0.25, 0.3) is 11.0 Å². The monoisotopic (exact) mass is 430 g/mol. The number of amides is 1. The van der Waals surface area contributed by atoms with E-state index in [1.807, 2.05) is 61.5 Å². The molecule has 31 heavy (non-hydrogen) atoms. The second-order valence-electron chi connectivity index (χ2n) is 7.39. The molecular weight excluding hydrogens is 408 g/mol. The van der Waals surface area contributed by atoms with E-state index >= 15 is 0 Å². The molecule has 0 saturated heterocycles. The average molecular weight is 431 g/mol. The zero-order valence-corrected chi connectivity index (χ0v) is 18.0. The SMILES string of the molecule is Cc1ccc(/C=N/NC(=O)CCc2nc3ccccc3n2Cc2ccccc2)cc1Cl. The predicted octanol–water partition coefficient (Wildman–Crippen LogP) is 5.13. The normalized spacial score (nSPS) is 11.3. The molecule has 0 atom stereocenters. The number of carbonyl (C=O) groups is 1. The smallest absolute Gasteiger partial charge is 0.240 e. The molecule has 0 aliphatic rings. The quantitative estimate of drug-likeness (QED) is 0.326. The van der Waals surface area contributed by atoms with Crippen LogP contribution in [-0.2, 0) is 17.8 Å². The fourth-order valence-corrected chi connectivity index (χ4v) is 3.60. The molecule has 156 valence electrons. The molecule has 0 aliphatic heterocycles. The molecule has 1 heterocycles. The highest BCUT2D eigenvalue weighted by Crippen LogP contribution is 2.19. The van der Waals surface area contributed by atoms with E-state index in [9.17, 15) is 4.79 Å². The lowest BCUT2D eigenvalue weighted by Crippen LogP contribution is -2.19. The highest BCUT2D eigenvalue weighted by Gasteiger charge is 2.12. The fraction of sp³-hybridized carbons (Fsp3) is 0.160. The Morgan fingerprint density at radius 3 is 2.68 bits per heavy atom. The van der Waals surface area contributed by atoms with E-state index in [0.29, 0.717) is 24.4 Å². The van der Waals surface area contributed by atoms with Gasteiger partial charge >= 0.3 is 0 Å². The van der Waals surface area contributed by atoms with Gasteiger partial charge in [0.05, 0.1) is 17.2 Å². The number of hydrazone groups is 1. The third-order valence-corrected chi connectivity index (χ3v) is 5.50. The molecule has 1 aromatic heterocycles. The summed E-state index contributed by atoms with van der Waals surface area (Å²) in [6.07, 6.45) is 2.41. The summed E-state index contributed by atoms with van der Waals surface area (Å²) in [5, 5.41) is 4.72. The van der Waals surface area contributed by atoms with Crippen LogP contribution in [0, 0.1) is 6.92 Å². The number of benzene rings is 3. The number of fused-ring (bicyclic) bond motifs is 1. The summed E-state index contributed by atoms with van der Waals surface area (Å²) in [6, 6.07) is 23.9. The fourth-order valence-electron chi connectivity index (χ4n) is 3.41. The van der Waals surface area contributed by atoms with E-state index in [1.165, 1.54) is 5.56 Å². The van der Waals surface area contributed by atoms with E-state index in [2.05, 4.69) is 33.3 Å². The second-order valence-corrected chi connectivity index (χ2v) is 7.80. The van der Waals surface area contributed by atoms with Crippen LogP contribution in [0.15, 0.2) is 77.9 Å². The minimum atomic E-state index is -0.159. The first-order valence-electron chi connectivity index (χ1n) is 10.2. The number of nitrogens with one attached hydrogen (secondary N) is 1. The third kappa shape index (κ3) is 5.19. The third-order valence-electron chi connectivity index (χ3n) is 5.09. The summed E-state index contributed by atoms with van der Waals surface area (Å²) in [7, 11) is 0. The first kappa shape index (κ1) is 20.8. The molecule has 6 heteroatoms. The number of imidazole rings is 1. The van der Waals surface area contributed by atoms with Crippen molar-refractivity contribution < 1.29 is 4.79 Å². The maximum absolute atomic E-state index is 12.3. The van der Waals surface area contributed by atoms with Crippen LogP contribution in [-0.4, -0.2) is 21.7 Å². The lowest BCUT2D eigenvalue weighted by molar-refractivity contribution is -0.121. The maximum atomic E-state index is 12.3. The standard InChI is InChI=1S/C25H23ClN4O/c1-18-11-12-20(15-21(18)26)16-27-29-25(31)14-13-24-28-22-9-5-6-10-23(22)30(24)17-19-7-3-2-4-8-19/h2-12,15-16H,13-14,17H2,1H3,(H,29,31)/b27-16+. The average Bonchev–Trinajstić information content (AvgIpc) is 3.13. The molecule has 3 aromatic carbocycles. The van der Waals surface area contributed by atoms with Gasteiger partial charge in [0.2, 0.25) is 5.91 Å². The number of halogens is 1. The number of aromatic nitrogens is 2. The minimum absolute atomic E-state index is 0.159. The van der Waals surface area contributed by atoms with Gasteiger partial charge < -0.3 is 4.57 Å². The van der Waals surface area contributed by atoms with Gasteiger partial charge in [-0.15, -0.1) is 0 Å². The van der Waals surface area contributed by atoms with Crippen molar-refractivity contribution in [3.05, 3.63) is 100 Å². The van der Waals surface area contributed by atoms with Crippen LogP contribution in [0.5, 0.6) is 0 Å². The van der Waals surface area contributed by atoms with Crippen molar-refractivity contribution in [1.82, 2.24) is 15.0 Å². The van der Waals surface area contributed by atoms with Crippen molar-refractivity contribution in [3.63, 3.8) is 0 Å². The molecule has 5 nitrogen and oxygen atoms in total. The number of nitrogens with zero attached hydrogens (tertiary/aromatic N) is 3. The molecule has 0 radical (unpaired) electrons. The Balaban J connectivity index is 1.43. The molecule has 0 unspecified atom stereocenters. The lowest BCUT2D eigenvalue weighted by atomic mass is 10.2. The van der Waals surface area contributed by atoms with Crippen LogP contribution in [0.1, 0.15) is 28.9 Å². The van der Waals surface area contributed by atoms with Gasteiger partial charge in [0.15, 0.2) is 0 Å². The van der Waals surface area contributed by atoms with Crippen molar-refractivity contribution in [1.29, 1.82) is 0 Å². The van der Waals surface area contributed by atoms with Crippen molar-refractivity contribution >= 4 is 34.8 Å². The first-order valence-corrected chi connectivity index (χ1v) is 10.5. The van der Waals surface area contributed by atoms with Gasteiger partial charge in [-0.1, -0.05) is 66.2 Å². The second kappa shape index (κ2) is 9.58. The maximum Gasteiger partial charge on any atom is 0.240 e. The van der Waals surface area contributed by atoms with Gasteiger partial charge in [0, 0.05) is 24.4 Å². The van der Waals surface area contributed by atoms with Crippen LogP contribution in [0.2, 0.25) is 5.02 Å². The molecule has 0 saturated carbocycles. The molecule has 4 rings (SSSR count). The molecule has 0 bridgehead atoms. The van der Waals surface area contributed by atoms with Crippen molar-refractivity contribution in [2.75, 3.05) is 0 Å². The van der Waals surface area contributed by atoms with E-state index in [-0.39, 0.29) is 5.91 Å². The largest absolute Gasteiger partial charge is 0.323 e.